The van der Waals surface area contributed by atoms with Crippen LogP contribution in [0.15, 0.2) is 70.6 Å². The number of hydrogen-bond donors (Lipinski definition) is 0. The molecule has 0 saturated heterocycles. The molecule has 1 aromatic heterocycles. The van der Waals surface area contributed by atoms with E-state index in [1.54, 1.807) is 19.1 Å². The maximum atomic E-state index is 14.6. The molecule has 0 bridgehead atoms. The molecule has 202 valence electrons. The van der Waals surface area contributed by atoms with Crippen molar-refractivity contribution in [2.45, 2.75) is 31.2 Å². The summed E-state index contributed by atoms with van der Waals surface area (Å²) in [7, 11) is -3.87. The fourth-order valence-corrected chi connectivity index (χ4v) is 7.10. The first-order valence-electron chi connectivity index (χ1n) is 12.1. The molecule has 0 fully saturated rings. The molecule has 12 heteroatoms. The molecule has 0 saturated carbocycles. The van der Waals surface area contributed by atoms with Gasteiger partial charge in [0.2, 0.25) is 0 Å². The average Bonchev–Trinajstić information content (AvgIpc) is 3.24. The summed E-state index contributed by atoms with van der Waals surface area (Å²) in [4.78, 5) is 29.2. The lowest BCUT2D eigenvalue weighted by molar-refractivity contribution is -0.143. The number of aryl methyl sites for hydroxylation is 1. The van der Waals surface area contributed by atoms with Crippen LogP contribution in [0.25, 0.3) is 10.2 Å². The van der Waals surface area contributed by atoms with Gasteiger partial charge in [-0.2, -0.15) is 4.99 Å². The van der Waals surface area contributed by atoms with Crippen molar-refractivity contribution in [3.63, 3.8) is 0 Å². The van der Waals surface area contributed by atoms with Gasteiger partial charge in [0.1, 0.15) is 12.4 Å². The second-order valence-corrected chi connectivity index (χ2v) is 11.6. The first kappa shape index (κ1) is 26.7. The predicted molar refractivity (Wildman–Crippen MR) is 142 cm³/mol. The van der Waals surface area contributed by atoms with Gasteiger partial charge in [-0.25, -0.2) is 17.2 Å². The van der Waals surface area contributed by atoms with Crippen molar-refractivity contribution in [2.75, 3.05) is 17.5 Å². The molecule has 0 atom stereocenters. The van der Waals surface area contributed by atoms with Crippen molar-refractivity contribution in [1.29, 1.82) is 0 Å². The lowest BCUT2D eigenvalue weighted by Crippen LogP contribution is -2.35. The van der Waals surface area contributed by atoms with Gasteiger partial charge < -0.3 is 9.30 Å². The van der Waals surface area contributed by atoms with Gasteiger partial charge in [-0.3, -0.25) is 13.9 Å². The summed E-state index contributed by atoms with van der Waals surface area (Å²) < 4.78 is 62.9. The molecule has 39 heavy (non-hydrogen) atoms. The van der Waals surface area contributed by atoms with Crippen molar-refractivity contribution in [2.24, 2.45) is 4.99 Å². The SMILES string of the molecule is CCOC(=O)Cn1c(=NC(=O)c2ccc(S(=O)(=O)N3CCCc4ccccc43)cc2)sc2cc(F)cc(F)c21. The van der Waals surface area contributed by atoms with Gasteiger partial charge in [-0.15, -0.1) is 0 Å². The van der Waals surface area contributed by atoms with Crippen LogP contribution >= 0.6 is 11.3 Å². The number of ether oxygens (including phenoxy) is 1. The summed E-state index contributed by atoms with van der Waals surface area (Å²) in [6, 6.07) is 14.5. The number of rotatable bonds is 6. The number of para-hydroxylation sites is 1. The van der Waals surface area contributed by atoms with E-state index in [0.29, 0.717) is 24.7 Å². The van der Waals surface area contributed by atoms with Crippen LogP contribution in [-0.2, 0) is 32.5 Å². The molecular formula is C27H23F2N3O5S2. The summed E-state index contributed by atoms with van der Waals surface area (Å²) in [5.41, 5.74) is 1.59. The number of thiazole rings is 1. The Hall–Kier alpha value is -3.90. The lowest BCUT2D eigenvalue weighted by atomic mass is 10.0. The maximum absolute atomic E-state index is 14.6. The molecule has 8 nitrogen and oxygen atoms in total. The normalized spacial score (nSPS) is 13.9. The fourth-order valence-electron chi connectivity index (χ4n) is 4.49. The maximum Gasteiger partial charge on any atom is 0.326 e. The highest BCUT2D eigenvalue weighted by molar-refractivity contribution is 7.92. The molecule has 2 heterocycles. The Morgan fingerprint density at radius 3 is 2.56 bits per heavy atom. The number of halogens is 2. The van der Waals surface area contributed by atoms with Gasteiger partial charge in [0.15, 0.2) is 10.6 Å². The van der Waals surface area contributed by atoms with Crippen LogP contribution in [0.1, 0.15) is 29.3 Å². The molecule has 5 rings (SSSR count). The minimum absolute atomic E-state index is 0.0209. The van der Waals surface area contributed by atoms with Crippen LogP contribution in [0.4, 0.5) is 14.5 Å². The second-order valence-electron chi connectivity index (χ2n) is 8.76. The van der Waals surface area contributed by atoms with E-state index in [1.165, 1.54) is 28.6 Å². The number of anilines is 1. The van der Waals surface area contributed by atoms with Crippen molar-refractivity contribution >= 4 is 49.1 Å². The Morgan fingerprint density at radius 1 is 1.08 bits per heavy atom. The number of amides is 1. The minimum Gasteiger partial charge on any atom is -0.465 e. The van der Waals surface area contributed by atoms with Gasteiger partial charge in [0.25, 0.3) is 15.9 Å². The molecule has 3 aromatic carbocycles. The highest BCUT2D eigenvalue weighted by Gasteiger charge is 2.29. The molecule has 4 aromatic rings. The van der Waals surface area contributed by atoms with E-state index in [1.807, 2.05) is 12.1 Å². The van der Waals surface area contributed by atoms with Crippen molar-refractivity contribution < 1.29 is 31.5 Å². The molecule has 0 aliphatic carbocycles. The third-order valence-electron chi connectivity index (χ3n) is 6.24. The van der Waals surface area contributed by atoms with Crippen LogP contribution in [0.3, 0.4) is 0 Å². The minimum atomic E-state index is -3.87. The quantitative estimate of drug-likeness (QED) is 0.319. The van der Waals surface area contributed by atoms with Gasteiger partial charge >= 0.3 is 5.97 Å². The van der Waals surface area contributed by atoms with E-state index in [2.05, 4.69) is 4.99 Å². The predicted octanol–water partition coefficient (Wildman–Crippen LogP) is 4.43. The van der Waals surface area contributed by atoms with E-state index >= 15 is 0 Å². The van der Waals surface area contributed by atoms with E-state index in [0.717, 1.165) is 34.0 Å². The highest BCUT2D eigenvalue weighted by atomic mass is 32.2. The molecule has 0 spiro atoms. The standard InChI is InChI=1S/C27H23F2N3O5S2/c1-2-37-24(33)16-31-25-21(29)14-19(28)15-23(25)38-27(31)30-26(34)18-9-11-20(12-10-18)39(35,36)32-13-5-7-17-6-3-4-8-22(17)32/h3-4,6,8-12,14-15H,2,5,7,13,16H2,1H3. The molecule has 0 N–H and O–H groups in total. The molecule has 1 amide bonds. The zero-order valence-electron chi connectivity index (χ0n) is 20.8. The number of benzene rings is 3. The van der Waals surface area contributed by atoms with Gasteiger partial charge in [-0.05, 0) is 61.7 Å². The Morgan fingerprint density at radius 2 is 1.82 bits per heavy atom. The summed E-state index contributed by atoms with van der Waals surface area (Å²) in [6.45, 7) is 1.63. The number of sulfonamides is 1. The smallest absolute Gasteiger partial charge is 0.326 e. The molecule has 0 unspecified atom stereocenters. The second kappa shape index (κ2) is 10.7. The Kier molecular flexibility index (Phi) is 7.32. The van der Waals surface area contributed by atoms with E-state index in [4.69, 9.17) is 4.74 Å². The van der Waals surface area contributed by atoms with Crippen molar-refractivity contribution in [1.82, 2.24) is 4.57 Å². The van der Waals surface area contributed by atoms with E-state index in [-0.39, 0.29) is 32.1 Å². The first-order chi connectivity index (χ1) is 18.7. The van der Waals surface area contributed by atoms with Crippen LogP contribution in [-0.4, -0.2) is 38.0 Å². The summed E-state index contributed by atoms with van der Waals surface area (Å²) >= 11 is 0.840. The number of hydrogen-bond acceptors (Lipinski definition) is 6. The number of fused-ring (bicyclic) bond motifs is 2. The lowest BCUT2D eigenvalue weighted by Gasteiger charge is -2.30. The number of nitrogens with zero attached hydrogens (tertiary/aromatic N) is 3. The summed E-state index contributed by atoms with van der Waals surface area (Å²) in [5.74, 6) is -3.14. The zero-order chi connectivity index (χ0) is 27.7. The Labute approximate surface area is 226 Å². The summed E-state index contributed by atoms with van der Waals surface area (Å²) in [6.07, 6.45) is 1.48. The Balaban J connectivity index is 1.49. The van der Waals surface area contributed by atoms with E-state index in [9.17, 15) is 26.8 Å². The van der Waals surface area contributed by atoms with Gasteiger partial charge in [-0.1, -0.05) is 29.5 Å². The number of carbonyl (C=O) groups excluding carboxylic acids is 2. The van der Waals surface area contributed by atoms with Gasteiger partial charge in [0, 0.05) is 18.2 Å². The highest BCUT2D eigenvalue weighted by Crippen LogP contribution is 2.32. The fraction of sp³-hybridized carbons (Fsp3) is 0.222. The first-order valence-corrected chi connectivity index (χ1v) is 14.4. The van der Waals surface area contributed by atoms with Crippen LogP contribution < -0.4 is 9.11 Å². The number of aromatic nitrogens is 1. The monoisotopic (exact) mass is 571 g/mol. The summed E-state index contributed by atoms with van der Waals surface area (Å²) in [5, 5.41) is 0. The topological polar surface area (TPSA) is 98.0 Å². The van der Waals surface area contributed by atoms with Crippen LogP contribution in [0.2, 0.25) is 0 Å². The van der Waals surface area contributed by atoms with E-state index < -0.39 is 40.1 Å². The Bertz CT molecular complexity index is 1760. The van der Waals surface area contributed by atoms with Crippen molar-refractivity contribution in [3.05, 3.63) is 88.2 Å². The van der Waals surface area contributed by atoms with Crippen LogP contribution in [0, 0.1) is 11.6 Å². The third-order valence-corrected chi connectivity index (χ3v) is 9.09. The van der Waals surface area contributed by atoms with Crippen LogP contribution in [0.5, 0.6) is 0 Å². The number of carbonyl (C=O) groups is 2. The average molecular weight is 572 g/mol. The van der Waals surface area contributed by atoms with Gasteiger partial charge in [0.05, 0.1) is 27.4 Å². The third kappa shape index (κ3) is 5.21. The molecule has 1 aliphatic rings. The zero-order valence-corrected chi connectivity index (χ0v) is 22.4. The van der Waals surface area contributed by atoms with Crippen molar-refractivity contribution in [3.8, 4) is 0 Å². The number of esters is 1. The molecular weight excluding hydrogens is 548 g/mol. The largest absolute Gasteiger partial charge is 0.465 e. The molecule has 0 radical (unpaired) electrons. The molecule has 1 aliphatic heterocycles.